The Kier molecular flexibility index (Phi) is 5.43. The summed E-state index contributed by atoms with van der Waals surface area (Å²) in [7, 11) is 0. The maximum absolute atomic E-state index is 13.0. The molecule has 28 heavy (non-hydrogen) atoms. The molecule has 0 bridgehead atoms. The lowest BCUT2D eigenvalue weighted by atomic mass is 9.98. The molecule has 0 radical (unpaired) electrons. The van der Waals surface area contributed by atoms with Gasteiger partial charge in [0, 0.05) is 55.2 Å². The molecule has 1 atom stereocenters. The van der Waals surface area contributed by atoms with E-state index in [-0.39, 0.29) is 17.7 Å². The number of aromatic amines is 1. The van der Waals surface area contributed by atoms with E-state index >= 15 is 0 Å². The van der Waals surface area contributed by atoms with Gasteiger partial charge in [-0.05, 0) is 25.0 Å². The number of H-pyrrole nitrogens is 1. The summed E-state index contributed by atoms with van der Waals surface area (Å²) < 4.78 is 0. The molecule has 146 valence electrons. The molecule has 2 N–H and O–H groups in total. The van der Waals surface area contributed by atoms with Gasteiger partial charge in [-0.1, -0.05) is 18.2 Å². The summed E-state index contributed by atoms with van der Waals surface area (Å²) in [6, 6.07) is 9.89. The molecule has 4 rings (SSSR count). The van der Waals surface area contributed by atoms with Crippen LogP contribution in [0.4, 0.5) is 0 Å². The Hall–Kier alpha value is -2.67. The standard InChI is InChI=1S/C21H24N4O2S/c1-14(26)22-9-8-17-13-28-20(23-17)16-6-4-10-25(12-16)21(27)19-11-15-5-2-3-7-18(15)24-19/h2-3,5,7,11,13,16,24H,4,6,8-10,12H2,1H3,(H,22,26). The molecule has 3 heterocycles. The van der Waals surface area contributed by atoms with Crippen molar-refractivity contribution in [3.05, 3.63) is 52.1 Å². The van der Waals surface area contributed by atoms with Crippen LogP contribution in [-0.2, 0) is 11.2 Å². The van der Waals surface area contributed by atoms with Crippen LogP contribution >= 0.6 is 11.3 Å². The van der Waals surface area contributed by atoms with E-state index in [0.29, 0.717) is 18.8 Å². The average molecular weight is 397 g/mol. The second kappa shape index (κ2) is 8.14. The first-order valence-corrected chi connectivity index (χ1v) is 10.5. The molecule has 1 aliphatic rings. The highest BCUT2D eigenvalue weighted by Crippen LogP contribution is 2.30. The SMILES string of the molecule is CC(=O)NCCc1csc(C2CCCN(C(=O)c3cc4ccccc4[nH]3)C2)n1. The van der Waals surface area contributed by atoms with E-state index in [2.05, 4.69) is 15.7 Å². The molecule has 0 aliphatic carbocycles. The number of nitrogens with zero attached hydrogens (tertiary/aromatic N) is 2. The normalized spacial score (nSPS) is 17.0. The number of thiazole rings is 1. The smallest absolute Gasteiger partial charge is 0.270 e. The highest BCUT2D eigenvalue weighted by atomic mass is 32.1. The lowest BCUT2D eigenvalue weighted by Gasteiger charge is -2.31. The second-order valence-electron chi connectivity index (χ2n) is 7.27. The van der Waals surface area contributed by atoms with Crippen molar-refractivity contribution in [3.63, 3.8) is 0 Å². The van der Waals surface area contributed by atoms with Gasteiger partial charge in [0.05, 0.1) is 10.7 Å². The Labute approximate surface area is 168 Å². The van der Waals surface area contributed by atoms with Crippen LogP contribution in [0.5, 0.6) is 0 Å². The van der Waals surface area contributed by atoms with Crippen LogP contribution in [0.15, 0.2) is 35.7 Å². The number of hydrogen-bond acceptors (Lipinski definition) is 4. The molecule has 1 saturated heterocycles. The molecule has 3 aromatic rings. The Morgan fingerprint density at radius 3 is 3.04 bits per heavy atom. The van der Waals surface area contributed by atoms with Crippen LogP contribution in [0, 0.1) is 0 Å². The molecule has 0 saturated carbocycles. The van der Waals surface area contributed by atoms with Crippen molar-refractivity contribution in [2.75, 3.05) is 19.6 Å². The minimum Gasteiger partial charge on any atom is -0.356 e. The van der Waals surface area contributed by atoms with Crippen LogP contribution in [0.1, 0.15) is 46.9 Å². The number of amides is 2. The summed E-state index contributed by atoms with van der Waals surface area (Å²) >= 11 is 1.66. The van der Waals surface area contributed by atoms with Crippen molar-refractivity contribution < 1.29 is 9.59 Å². The fourth-order valence-electron chi connectivity index (χ4n) is 3.71. The maximum Gasteiger partial charge on any atom is 0.270 e. The third-order valence-corrected chi connectivity index (χ3v) is 6.20. The zero-order valence-corrected chi connectivity index (χ0v) is 16.7. The summed E-state index contributed by atoms with van der Waals surface area (Å²) in [5.41, 5.74) is 2.65. The van der Waals surface area contributed by atoms with Gasteiger partial charge in [0.15, 0.2) is 0 Å². The largest absolute Gasteiger partial charge is 0.356 e. The van der Waals surface area contributed by atoms with Crippen molar-refractivity contribution in [2.24, 2.45) is 0 Å². The van der Waals surface area contributed by atoms with Gasteiger partial charge in [0.1, 0.15) is 5.69 Å². The molecule has 6 nitrogen and oxygen atoms in total. The third kappa shape index (κ3) is 4.09. The molecule has 2 amide bonds. The van der Waals surface area contributed by atoms with E-state index in [0.717, 1.165) is 47.4 Å². The zero-order chi connectivity index (χ0) is 19.5. The number of carbonyl (C=O) groups is 2. The summed E-state index contributed by atoms with van der Waals surface area (Å²) in [5.74, 6) is 0.318. The van der Waals surface area contributed by atoms with Crippen LogP contribution in [0.25, 0.3) is 10.9 Å². The van der Waals surface area contributed by atoms with E-state index in [4.69, 9.17) is 4.98 Å². The molecular formula is C21H24N4O2S. The minimum absolute atomic E-state index is 0.0196. The number of piperidine rings is 1. The number of para-hydroxylation sites is 1. The van der Waals surface area contributed by atoms with E-state index < -0.39 is 0 Å². The number of hydrogen-bond donors (Lipinski definition) is 2. The average Bonchev–Trinajstić information content (AvgIpc) is 3.34. The summed E-state index contributed by atoms with van der Waals surface area (Å²) in [4.78, 5) is 33.9. The fraction of sp³-hybridized carbons (Fsp3) is 0.381. The van der Waals surface area contributed by atoms with Crippen molar-refractivity contribution in [3.8, 4) is 0 Å². The first-order valence-electron chi connectivity index (χ1n) is 9.66. The predicted molar refractivity (Wildman–Crippen MR) is 111 cm³/mol. The molecule has 1 unspecified atom stereocenters. The first-order chi connectivity index (χ1) is 13.6. The zero-order valence-electron chi connectivity index (χ0n) is 15.9. The number of aromatic nitrogens is 2. The van der Waals surface area contributed by atoms with Crippen LogP contribution < -0.4 is 5.32 Å². The van der Waals surface area contributed by atoms with E-state index in [1.54, 1.807) is 11.3 Å². The topological polar surface area (TPSA) is 78.1 Å². The molecule has 1 aliphatic heterocycles. The monoisotopic (exact) mass is 396 g/mol. The number of likely N-dealkylation sites (tertiary alicyclic amines) is 1. The minimum atomic E-state index is -0.0196. The Bertz CT molecular complexity index is 960. The fourth-order valence-corrected chi connectivity index (χ4v) is 4.70. The molecule has 7 heteroatoms. The Balaban J connectivity index is 1.42. The molecule has 1 fully saturated rings. The van der Waals surface area contributed by atoms with E-state index in [1.807, 2.05) is 35.2 Å². The van der Waals surface area contributed by atoms with Crippen molar-refractivity contribution in [1.82, 2.24) is 20.2 Å². The predicted octanol–water partition coefficient (Wildman–Crippen LogP) is 3.32. The lowest BCUT2D eigenvalue weighted by Crippen LogP contribution is -2.39. The molecular weight excluding hydrogens is 372 g/mol. The first kappa shape index (κ1) is 18.7. The van der Waals surface area contributed by atoms with Crippen LogP contribution in [0.3, 0.4) is 0 Å². The van der Waals surface area contributed by atoms with Gasteiger partial charge in [0.25, 0.3) is 5.91 Å². The number of fused-ring (bicyclic) bond motifs is 1. The molecule has 2 aromatic heterocycles. The Morgan fingerprint density at radius 2 is 2.21 bits per heavy atom. The quantitative estimate of drug-likeness (QED) is 0.694. The van der Waals surface area contributed by atoms with Crippen LogP contribution in [-0.4, -0.2) is 46.3 Å². The third-order valence-electron chi connectivity index (χ3n) is 5.14. The number of benzene rings is 1. The highest BCUT2D eigenvalue weighted by Gasteiger charge is 2.28. The summed E-state index contributed by atoms with van der Waals surface area (Å²) in [5, 5.41) is 7.02. The van der Waals surface area contributed by atoms with Gasteiger partial charge in [0.2, 0.25) is 5.91 Å². The van der Waals surface area contributed by atoms with Crippen molar-refractivity contribution in [1.29, 1.82) is 0 Å². The maximum atomic E-state index is 13.0. The summed E-state index contributed by atoms with van der Waals surface area (Å²) in [6.07, 6.45) is 2.77. The van der Waals surface area contributed by atoms with Gasteiger partial charge in [-0.3, -0.25) is 9.59 Å². The van der Waals surface area contributed by atoms with Gasteiger partial charge in [-0.2, -0.15) is 0 Å². The van der Waals surface area contributed by atoms with Gasteiger partial charge in [-0.15, -0.1) is 11.3 Å². The van der Waals surface area contributed by atoms with Gasteiger partial charge >= 0.3 is 0 Å². The molecule has 0 spiro atoms. The van der Waals surface area contributed by atoms with Crippen LogP contribution in [0.2, 0.25) is 0 Å². The number of carbonyl (C=O) groups excluding carboxylic acids is 2. The van der Waals surface area contributed by atoms with E-state index in [9.17, 15) is 9.59 Å². The summed E-state index contributed by atoms with van der Waals surface area (Å²) in [6.45, 7) is 3.61. The van der Waals surface area contributed by atoms with Crippen molar-refractivity contribution in [2.45, 2.75) is 32.1 Å². The van der Waals surface area contributed by atoms with Gasteiger partial charge < -0.3 is 15.2 Å². The number of rotatable bonds is 5. The number of nitrogens with one attached hydrogen (secondary N) is 2. The van der Waals surface area contributed by atoms with E-state index in [1.165, 1.54) is 6.92 Å². The Morgan fingerprint density at radius 1 is 1.36 bits per heavy atom. The van der Waals surface area contributed by atoms with Gasteiger partial charge in [-0.25, -0.2) is 4.98 Å². The second-order valence-corrected chi connectivity index (χ2v) is 8.16. The lowest BCUT2D eigenvalue weighted by molar-refractivity contribution is -0.118. The highest BCUT2D eigenvalue weighted by molar-refractivity contribution is 7.09. The molecule has 1 aromatic carbocycles. The van der Waals surface area contributed by atoms with Crippen molar-refractivity contribution >= 4 is 34.1 Å².